The molecule has 0 fully saturated rings. The van der Waals surface area contributed by atoms with Gasteiger partial charge in [-0.25, -0.2) is 9.78 Å². The summed E-state index contributed by atoms with van der Waals surface area (Å²) in [7, 11) is 1.74. The lowest BCUT2D eigenvalue weighted by molar-refractivity contribution is 0.0690. The van der Waals surface area contributed by atoms with Gasteiger partial charge in [0.2, 0.25) is 5.88 Å². The lowest BCUT2D eigenvalue weighted by Crippen LogP contribution is -2.18. The van der Waals surface area contributed by atoms with Crippen LogP contribution < -0.4 is 10.1 Å². The Hall–Kier alpha value is -3.42. The summed E-state index contributed by atoms with van der Waals surface area (Å²) in [5.74, 6) is -1.56. The van der Waals surface area contributed by atoms with Gasteiger partial charge in [0.05, 0.1) is 17.8 Å². The molecule has 0 bridgehead atoms. The fourth-order valence-corrected chi connectivity index (χ4v) is 2.73. The van der Waals surface area contributed by atoms with Crippen LogP contribution in [-0.2, 0) is 7.05 Å². The van der Waals surface area contributed by atoms with E-state index in [9.17, 15) is 14.7 Å². The van der Waals surface area contributed by atoms with Crippen molar-refractivity contribution in [2.75, 3.05) is 11.9 Å². The molecule has 0 atom stereocenters. The maximum atomic E-state index is 12.7. The summed E-state index contributed by atoms with van der Waals surface area (Å²) in [6, 6.07) is 8.90. The Kier molecular flexibility index (Phi) is 4.57. The van der Waals surface area contributed by atoms with Gasteiger partial charge in [0.25, 0.3) is 5.91 Å². The highest BCUT2D eigenvalue weighted by atomic mass is 16.5. The number of para-hydroxylation sites is 1. The first kappa shape index (κ1) is 17.4. The second kappa shape index (κ2) is 6.83. The molecule has 0 saturated heterocycles. The van der Waals surface area contributed by atoms with Crippen molar-refractivity contribution >= 4 is 28.5 Å². The largest absolute Gasteiger partial charge is 0.478 e. The number of pyridine rings is 1. The first-order valence-corrected chi connectivity index (χ1v) is 8.03. The van der Waals surface area contributed by atoms with Gasteiger partial charge in [-0.1, -0.05) is 18.2 Å². The summed E-state index contributed by atoms with van der Waals surface area (Å²) < 4.78 is 6.88. The average Bonchev–Trinajstić information content (AvgIpc) is 2.94. The number of nitrogens with one attached hydrogen (secondary N) is 1. The topological polar surface area (TPSA) is 106 Å². The van der Waals surface area contributed by atoms with Crippen LogP contribution in [0.1, 0.15) is 33.5 Å². The van der Waals surface area contributed by atoms with Gasteiger partial charge in [0.1, 0.15) is 0 Å². The number of hydrogen-bond donors (Lipinski definition) is 2. The summed E-state index contributed by atoms with van der Waals surface area (Å²) in [5.41, 5.74) is 1.41. The predicted octanol–water partition coefficient (Wildman–Crippen LogP) is 2.63. The number of rotatable bonds is 5. The molecule has 0 aliphatic carbocycles. The molecular weight excluding hydrogens is 336 g/mol. The van der Waals surface area contributed by atoms with Crippen molar-refractivity contribution < 1.29 is 19.4 Å². The van der Waals surface area contributed by atoms with Crippen molar-refractivity contribution in [3.8, 4) is 5.88 Å². The number of fused-ring (bicyclic) bond motifs is 1. The van der Waals surface area contributed by atoms with Crippen LogP contribution in [0.5, 0.6) is 5.88 Å². The first-order chi connectivity index (χ1) is 12.4. The molecule has 2 N–H and O–H groups in total. The van der Waals surface area contributed by atoms with Crippen LogP contribution >= 0.6 is 0 Å². The number of nitrogens with zero attached hydrogens (tertiary/aromatic N) is 3. The lowest BCUT2D eigenvalue weighted by Gasteiger charge is -2.12. The Bertz CT molecular complexity index is 1010. The van der Waals surface area contributed by atoms with Gasteiger partial charge in [-0.2, -0.15) is 5.10 Å². The molecule has 134 valence electrons. The van der Waals surface area contributed by atoms with E-state index in [-0.39, 0.29) is 23.0 Å². The highest BCUT2D eigenvalue weighted by molar-refractivity contribution is 6.13. The number of carbonyl (C=O) groups excluding carboxylic acids is 1. The highest BCUT2D eigenvalue weighted by Crippen LogP contribution is 2.25. The zero-order chi connectivity index (χ0) is 18.8. The quantitative estimate of drug-likeness (QED) is 0.729. The molecule has 0 spiro atoms. The van der Waals surface area contributed by atoms with E-state index in [4.69, 9.17) is 4.74 Å². The zero-order valence-corrected chi connectivity index (χ0v) is 14.6. The minimum atomic E-state index is -1.25. The maximum Gasteiger partial charge on any atom is 0.356 e. The van der Waals surface area contributed by atoms with Crippen molar-refractivity contribution in [1.82, 2.24) is 14.8 Å². The molecule has 2 heterocycles. The monoisotopic (exact) mass is 354 g/mol. The summed E-state index contributed by atoms with van der Waals surface area (Å²) in [4.78, 5) is 28.3. The van der Waals surface area contributed by atoms with E-state index in [0.717, 1.165) is 5.52 Å². The molecular formula is C18H18N4O4. The van der Waals surface area contributed by atoms with Crippen LogP contribution in [0.2, 0.25) is 0 Å². The second-order valence-electron chi connectivity index (χ2n) is 5.68. The average molecular weight is 354 g/mol. The minimum absolute atomic E-state index is 0.126. The number of carboxylic acid groups (broad SMARTS) is 1. The molecule has 8 heteroatoms. The van der Waals surface area contributed by atoms with Crippen LogP contribution in [0.4, 0.5) is 5.69 Å². The molecule has 0 radical (unpaired) electrons. The molecule has 0 aliphatic rings. The van der Waals surface area contributed by atoms with Crippen LogP contribution in [0, 0.1) is 6.92 Å². The standard InChI is InChI=1S/C18H18N4O4/c1-4-26-13-9-10(2)14(16(19-13)18(24)25)20-17(23)15-11-7-5-6-8-12(11)22(3)21-15/h5-9H,4H2,1-3H3,(H,20,23)(H,24,25). The summed E-state index contributed by atoms with van der Waals surface area (Å²) in [6.45, 7) is 3.82. The van der Waals surface area contributed by atoms with E-state index in [1.54, 1.807) is 37.7 Å². The minimum Gasteiger partial charge on any atom is -0.478 e. The fraction of sp³-hybridized carbons (Fsp3) is 0.222. The molecule has 26 heavy (non-hydrogen) atoms. The van der Waals surface area contributed by atoms with Crippen molar-refractivity contribution in [3.63, 3.8) is 0 Å². The SMILES string of the molecule is CCOc1cc(C)c(NC(=O)c2nn(C)c3ccccc23)c(C(=O)O)n1. The van der Waals surface area contributed by atoms with Gasteiger partial charge in [-0.05, 0) is 25.5 Å². The van der Waals surface area contributed by atoms with Gasteiger partial charge in [0.15, 0.2) is 11.4 Å². The number of aromatic carboxylic acids is 1. The van der Waals surface area contributed by atoms with E-state index in [1.807, 2.05) is 18.2 Å². The Morgan fingerprint density at radius 1 is 1.27 bits per heavy atom. The van der Waals surface area contributed by atoms with E-state index < -0.39 is 11.9 Å². The van der Waals surface area contributed by atoms with Gasteiger partial charge in [-0.3, -0.25) is 9.48 Å². The molecule has 1 aromatic carbocycles. The molecule has 8 nitrogen and oxygen atoms in total. The van der Waals surface area contributed by atoms with Crippen molar-refractivity contribution in [1.29, 1.82) is 0 Å². The van der Waals surface area contributed by atoms with Gasteiger partial charge >= 0.3 is 5.97 Å². The van der Waals surface area contributed by atoms with Crippen LogP contribution in [-0.4, -0.2) is 38.4 Å². The van der Waals surface area contributed by atoms with Crippen LogP contribution in [0.25, 0.3) is 10.9 Å². The number of ether oxygens (including phenoxy) is 1. The van der Waals surface area contributed by atoms with Crippen molar-refractivity contribution in [3.05, 3.63) is 47.3 Å². The van der Waals surface area contributed by atoms with E-state index in [1.165, 1.54) is 0 Å². The van der Waals surface area contributed by atoms with Crippen molar-refractivity contribution in [2.45, 2.75) is 13.8 Å². The Labute approximate surface area is 149 Å². The Morgan fingerprint density at radius 2 is 2.00 bits per heavy atom. The second-order valence-corrected chi connectivity index (χ2v) is 5.68. The Morgan fingerprint density at radius 3 is 2.69 bits per heavy atom. The summed E-state index contributed by atoms with van der Waals surface area (Å²) in [6.07, 6.45) is 0. The summed E-state index contributed by atoms with van der Waals surface area (Å²) >= 11 is 0. The van der Waals surface area contributed by atoms with Crippen LogP contribution in [0.3, 0.4) is 0 Å². The van der Waals surface area contributed by atoms with Gasteiger partial charge in [-0.15, -0.1) is 0 Å². The molecule has 2 aromatic heterocycles. The number of benzene rings is 1. The third-order valence-corrected chi connectivity index (χ3v) is 3.90. The van der Waals surface area contributed by atoms with Crippen LogP contribution in [0.15, 0.2) is 30.3 Å². The zero-order valence-electron chi connectivity index (χ0n) is 14.6. The number of anilines is 1. The van der Waals surface area contributed by atoms with Gasteiger partial charge < -0.3 is 15.2 Å². The van der Waals surface area contributed by atoms with E-state index in [2.05, 4.69) is 15.4 Å². The van der Waals surface area contributed by atoms with Crippen molar-refractivity contribution in [2.24, 2.45) is 7.05 Å². The third-order valence-electron chi connectivity index (χ3n) is 3.90. The number of amides is 1. The Balaban J connectivity index is 2.02. The number of aromatic nitrogens is 3. The molecule has 3 rings (SSSR count). The molecule has 0 aliphatic heterocycles. The maximum absolute atomic E-state index is 12.7. The third kappa shape index (κ3) is 3.08. The molecule has 1 amide bonds. The first-order valence-electron chi connectivity index (χ1n) is 8.03. The number of carboxylic acids is 1. The highest BCUT2D eigenvalue weighted by Gasteiger charge is 2.22. The smallest absolute Gasteiger partial charge is 0.356 e. The number of aryl methyl sites for hydroxylation is 2. The van der Waals surface area contributed by atoms with E-state index >= 15 is 0 Å². The predicted molar refractivity (Wildman–Crippen MR) is 95.8 cm³/mol. The number of carbonyl (C=O) groups is 2. The molecule has 0 saturated carbocycles. The van der Waals surface area contributed by atoms with Gasteiger partial charge in [0, 0.05) is 18.5 Å². The fourth-order valence-electron chi connectivity index (χ4n) is 2.73. The van der Waals surface area contributed by atoms with E-state index in [0.29, 0.717) is 17.6 Å². The normalized spacial score (nSPS) is 10.7. The molecule has 3 aromatic rings. The number of hydrogen-bond acceptors (Lipinski definition) is 5. The summed E-state index contributed by atoms with van der Waals surface area (Å²) in [5, 5.41) is 17.0. The molecule has 0 unspecified atom stereocenters. The lowest BCUT2D eigenvalue weighted by atomic mass is 10.1.